The van der Waals surface area contributed by atoms with Crippen molar-refractivity contribution in [3.8, 4) is 40.4 Å². The molecule has 148 heavy (non-hydrogen) atoms. The van der Waals surface area contributed by atoms with Crippen molar-refractivity contribution in [1.82, 2.24) is 19.9 Å². The number of aldehydes is 1. The predicted molar refractivity (Wildman–Crippen MR) is 637 cm³/mol. The van der Waals surface area contributed by atoms with E-state index in [1.807, 2.05) is 66.7 Å². The second-order valence-electron chi connectivity index (χ2n) is 30.2. The number of ether oxygens (including phenoxy) is 9. The van der Waals surface area contributed by atoms with Gasteiger partial charge in [-0.1, -0.05) is 118 Å². The Morgan fingerprint density at radius 1 is 0.574 bits per heavy atom. The number of aromatic hydroxyl groups is 1. The zero-order valence-electron chi connectivity index (χ0n) is 80.6. The van der Waals surface area contributed by atoms with Crippen LogP contribution >= 0.6 is 102 Å². The highest BCUT2D eigenvalue weighted by Crippen LogP contribution is 2.40. The van der Waals surface area contributed by atoms with Gasteiger partial charge in [0, 0.05) is 212 Å². The van der Waals surface area contributed by atoms with Gasteiger partial charge in [0.2, 0.25) is 12.3 Å². The number of methoxy groups -OCH3 is 4. The summed E-state index contributed by atoms with van der Waals surface area (Å²) in [5, 5.41) is 32.9. The van der Waals surface area contributed by atoms with Crippen molar-refractivity contribution in [2.45, 2.75) is 72.6 Å². The molecule has 0 unspecified atom stereocenters. The number of halogens is 6. The lowest BCUT2D eigenvalue weighted by Gasteiger charge is -2.43. The Morgan fingerprint density at radius 3 is 1.43 bits per heavy atom. The minimum atomic E-state index is -1.53. The molecule has 9 aromatic rings. The summed E-state index contributed by atoms with van der Waals surface area (Å²) in [7, 11) is 72.0. The van der Waals surface area contributed by atoms with Gasteiger partial charge in [-0.25, -0.2) is 19.4 Å². The van der Waals surface area contributed by atoms with Crippen LogP contribution in [0.1, 0.15) is 106 Å². The van der Waals surface area contributed by atoms with Gasteiger partial charge in [-0.15, -0.1) is 0 Å². The molecule has 24 nitrogen and oxygen atoms in total. The molecule has 3 aromatic heterocycles. The van der Waals surface area contributed by atoms with E-state index in [-0.39, 0.29) is 49.6 Å². The van der Waals surface area contributed by atoms with E-state index in [9.17, 15) is 24.0 Å². The van der Waals surface area contributed by atoms with E-state index in [1.165, 1.54) is 69.9 Å². The summed E-state index contributed by atoms with van der Waals surface area (Å²) < 4.78 is 51.2. The molecule has 13 rings (SSSR count). The van der Waals surface area contributed by atoms with Crippen LogP contribution in [0, 0.1) is 3.57 Å². The number of azide groups is 1. The second kappa shape index (κ2) is 75.5. The number of aryl methyl sites for hydroxylation is 4. The normalized spacial score (nSPS) is 10.5. The van der Waals surface area contributed by atoms with E-state index in [0.717, 1.165) is 176 Å². The molecular weight excluding hydrogens is 2290 g/mol. The molecule has 7 heterocycles. The molecule has 4 aliphatic heterocycles. The molecule has 0 spiro atoms. The highest BCUT2D eigenvalue weighted by atomic mass is 127. The number of nitrogens with one attached hydrogen (secondary N) is 2. The first-order valence-electron chi connectivity index (χ1n) is 44.0. The number of phenols is 1. The van der Waals surface area contributed by atoms with E-state index in [4.69, 9.17) is 144 Å². The molecule has 23 radical (unpaired) electrons. The van der Waals surface area contributed by atoms with Crippen LogP contribution in [0.3, 0.4) is 0 Å². The summed E-state index contributed by atoms with van der Waals surface area (Å²) in [6.07, 6.45) is 6.98. The number of aromatic amines is 2. The number of nitrogens with zero attached hydrogens (tertiary/aromatic N) is 5. The maximum atomic E-state index is 11.7. The zero-order valence-corrected chi connectivity index (χ0v) is 90.7. The van der Waals surface area contributed by atoms with E-state index < -0.39 is 70.6 Å². The smallest absolute Gasteiger partial charge is 0.493 e. The second-order valence-corrected chi connectivity index (χ2v) is 35.6. The number of para-hydroxylation sites is 3. The topological polar surface area (TPSA) is 326 Å². The minimum absolute atomic E-state index is 0. The Balaban J connectivity index is 0.000000563. The number of benzene rings is 6. The molecule has 52 heteroatoms. The fourth-order valence-electron chi connectivity index (χ4n) is 13.5. The number of amides is 1. The van der Waals surface area contributed by atoms with Crippen LogP contribution in [0.15, 0.2) is 272 Å². The number of pyridine rings is 1. The lowest BCUT2D eigenvalue weighted by atomic mass is 8.38. The number of carbonyl (C=O) groups excluding carboxylic acids is 5. The highest BCUT2D eigenvalue weighted by Gasteiger charge is 2.45. The zero-order chi connectivity index (χ0) is 108. The van der Waals surface area contributed by atoms with Crippen LogP contribution in [0.4, 0.5) is 0 Å². The summed E-state index contributed by atoms with van der Waals surface area (Å²) in [5.41, 5.74) is 64.4. The molecule has 0 bridgehead atoms. The number of hydrogen-bond acceptors (Lipinski definition) is 19. The number of alkyl halides is 1. The number of hydrogen-bond donors (Lipinski definition) is 5. The predicted octanol–water partition coefficient (Wildman–Crippen LogP) is 12.6. The molecule has 0 saturated heterocycles. The summed E-state index contributed by atoms with van der Waals surface area (Å²) in [6, 6.07) is 35.7. The van der Waals surface area contributed by atoms with Gasteiger partial charge in [0.25, 0.3) is 0 Å². The SMILES string of the molecule is BrCCCOc1cc(Br)ccc1Br.C.C.C=C=C=C=C=C=C=C=C=C=C=C=C=C=C=C=C=C=C=C=C.CN(C)C=O.COC(=O)/C(=C/c1cccc2c1OCCC2)N=[N+]=[N-].COC(=O)c1[nH]c2ccc3c(c2c1I)OCCC3.COC(=O)c1cc2c3c(ccc2[nH]1)CCCO3.COc1ncccc1B(O)O.O=Cc1cccc2c1OCCC2.Oc1c(Br)cccc1Br.[B][B]B(B([B])[B])B(B(B([B])[B])B([B])[B])B(B([B])[B])B([B])[B]. The van der Waals surface area contributed by atoms with Crippen molar-refractivity contribution in [1.29, 1.82) is 0 Å². The van der Waals surface area contributed by atoms with Crippen LogP contribution in [0.2, 0.25) is 0 Å². The van der Waals surface area contributed by atoms with E-state index in [2.05, 4.69) is 260 Å². The molecule has 0 aliphatic carbocycles. The van der Waals surface area contributed by atoms with E-state index in [0.29, 0.717) is 38.1 Å². The Hall–Kier alpha value is -11.2. The van der Waals surface area contributed by atoms with Crippen LogP contribution in [0.5, 0.6) is 40.4 Å². The number of aromatic nitrogens is 3. The van der Waals surface area contributed by atoms with Crippen molar-refractivity contribution in [3.63, 3.8) is 0 Å². The molecule has 1 amide bonds. The third-order valence-electron chi connectivity index (χ3n) is 19.9. The maximum absolute atomic E-state index is 11.7. The number of H-pyrrole nitrogens is 2. The average molecular weight is 2380 g/mol. The van der Waals surface area contributed by atoms with Crippen molar-refractivity contribution < 1.29 is 81.8 Å². The fourth-order valence-corrected chi connectivity index (χ4v) is 16.3. The van der Waals surface area contributed by atoms with E-state index >= 15 is 0 Å². The van der Waals surface area contributed by atoms with Gasteiger partial charge in [-0.2, -0.15) is 0 Å². The summed E-state index contributed by atoms with van der Waals surface area (Å²) in [5.74, 6) is 3.34. The third kappa shape index (κ3) is 46.1. The number of fused-ring (bicyclic) bond motifs is 8. The molecule has 6 aromatic carbocycles. The summed E-state index contributed by atoms with van der Waals surface area (Å²) in [6.45, 7) is 10.2. The largest absolute Gasteiger partial charge is 0.506 e. The lowest BCUT2D eigenvalue weighted by molar-refractivity contribution is -0.136. The van der Waals surface area contributed by atoms with Gasteiger partial charge in [0.15, 0.2) is 6.29 Å². The van der Waals surface area contributed by atoms with Gasteiger partial charge in [-0.05, 0) is 328 Å². The number of esters is 3. The van der Waals surface area contributed by atoms with Crippen molar-refractivity contribution in [2.24, 2.45) is 5.11 Å². The Bertz CT molecular complexity index is 6680. The Labute approximate surface area is 940 Å². The summed E-state index contributed by atoms with van der Waals surface area (Å²) in [4.78, 5) is 68.6. The molecule has 717 valence electrons. The minimum Gasteiger partial charge on any atom is -0.506 e. The molecule has 4 aliphatic rings. The molecule has 0 saturated carbocycles. The first-order chi connectivity index (χ1) is 70.1. The van der Waals surface area contributed by atoms with Crippen LogP contribution < -0.4 is 33.9 Å². The van der Waals surface area contributed by atoms with Gasteiger partial charge in [0.1, 0.15) is 51.6 Å². The van der Waals surface area contributed by atoms with Crippen molar-refractivity contribution in [3.05, 3.63) is 326 Å². The monoisotopic (exact) mass is 2370 g/mol. The standard InChI is InChI=1S/C21H4.C13H12INO3.C13H13N3O3.C13H13NO3.C10H10O2.C9H9Br3O.C6H8BNO3.C6H4Br2O.C3H7NO.2CH4.B21/c1-3-5-7-9-11-13-15-17-19-21-20-18-16-14-12-10-8-6-4-2;1-17-13(16)11-10(14)9-8(15-11)5-4-7-3-2-6-18-12(7)9;1-18-13(17)11(15-16-14)8-10-5-2-4-9-6-3-7-19-12(9)10;1-16-13(15)11-7-9-10(14-11)5-4-8-3-2-6-17-12(8)9;11-7-9-4-1-3-8-5-2-6-12-10(8)9;10-4-1-5-13-9-6-7(11)2-3-8(9)12;1-11-6-5(7(9)10)3-2-4-8-6;7-4-2-1-3-5(8)6(4)9;1-4(2)3-5;;;1-12-18(13(2)3)21(19(14(4)5)15(6)7)20(16(8)9)17(10)11/h1-2H2;4-5,15H,2-3,6H2,1H3;2,4-5,8H,3,6-7H2,1H3;4-5,7,14H,2-3,6H2,1H3;1,3-4,7H,2,5-6H2;2-3,6H,1,4-5H2;2-4,9-10H,1H3;1-3,9H;3H,1-2H3;2*1H4;/b;;11-8-;;;;;;;;;. The van der Waals surface area contributed by atoms with Gasteiger partial charge in [-0.3, -0.25) is 9.59 Å². The number of phenolic OH excluding ortho intramolecular Hbond substituents is 1. The van der Waals surface area contributed by atoms with Crippen LogP contribution in [-0.4, -0.2) is 303 Å². The molecular formula is C96H88B22Br5IN7O17. The first-order valence-corrected chi connectivity index (χ1v) is 49.3. The Kier molecular flexibility index (Phi) is 67.8. The first kappa shape index (κ1) is 133. The number of rotatable bonds is 22. The van der Waals surface area contributed by atoms with E-state index in [1.54, 1.807) is 50.5 Å². The molecule has 0 fully saturated rings. The van der Waals surface area contributed by atoms with Gasteiger partial charge < -0.3 is 72.7 Å². The quantitative estimate of drug-likeness (QED) is 0.00342. The summed E-state index contributed by atoms with van der Waals surface area (Å²) >= 11 is 18.7. The fraction of sp³-hybridized carbons (Fsp3) is 0.240. The average Bonchev–Trinajstić information content (AvgIpc) is 1.63. The van der Waals surface area contributed by atoms with Crippen LogP contribution in [0.25, 0.3) is 38.3 Å². The van der Waals surface area contributed by atoms with Gasteiger partial charge in [0.05, 0.1) is 94.9 Å². The highest BCUT2D eigenvalue weighted by molar-refractivity contribution is 14.1. The number of carbonyl (C=O) groups is 5. The molecule has 0 atom stereocenters. The third-order valence-corrected chi connectivity index (χ3v) is 24.0. The Morgan fingerprint density at radius 2 is 1.02 bits per heavy atom. The van der Waals surface area contributed by atoms with Crippen molar-refractivity contribution >= 4 is 323 Å². The van der Waals surface area contributed by atoms with Crippen LogP contribution in [-0.2, 0) is 49.5 Å². The maximum Gasteiger partial charge on any atom is 0.493 e. The van der Waals surface area contributed by atoms with Crippen molar-refractivity contribution in [2.75, 3.05) is 80.9 Å². The molecule has 5 N–H and O–H groups in total. The lowest BCUT2D eigenvalue weighted by Crippen LogP contribution is -2.81. The van der Waals surface area contributed by atoms with Gasteiger partial charge >= 0.3 is 25.0 Å².